The molecule has 0 amide bonds. The number of esters is 1. The standard InChI is InChI=1S/C20H20ClN3O2S/c1-2-26-20(25)14-4-3-9-24(10-14)18-17-16(11-27-19(17)23-12-22-18)13-5-7-15(21)8-6-13/h5-8,11-12,14H,2-4,9-10H2,1H3. The van der Waals surface area contributed by atoms with Crippen molar-refractivity contribution in [2.75, 3.05) is 24.6 Å². The molecule has 7 heteroatoms. The van der Waals surface area contributed by atoms with Gasteiger partial charge < -0.3 is 9.64 Å². The molecule has 27 heavy (non-hydrogen) atoms. The predicted octanol–water partition coefficient (Wildman–Crippen LogP) is 4.79. The van der Waals surface area contributed by atoms with E-state index in [1.54, 1.807) is 17.7 Å². The summed E-state index contributed by atoms with van der Waals surface area (Å²) in [5.41, 5.74) is 2.18. The van der Waals surface area contributed by atoms with Crippen LogP contribution in [0.5, 0.6) is 0 Å². The van der Waals surface area contributed by atoms with Gasteiger partial charge in [-0.1, -0.05) is 23.7 Å². The third kappa shape index (κ3) is 3.64. The van der Waals surface area contributed by atoms with Gasteiger partial charge in [0.25, 0.3) is 0 Å². The first kappa shape index (κ1) is 18.2. The van der Waals surface area contributed by atoms with Crippen molar-refractivity contribution in [2.45, 2.75) is 19.8 Å². The van der Waals surface area contributed by atoms with Crippen LogP contribution in [0.25, 0.3) is 21.3 Å². The summed E-state index contributed by atoms with van der Waals surface area (Å²) in [4.78, 5) is 24.4. The van der Waals surface area contributed by atoms with Crippen LogP contribution in [0.4, 0.5) is 5.82 Å². The Labute approximate surface area is 167 Å². The van der Waals surface area contributed by atoms with Gasteiger partial charge >= 0.3 is 5.97 Å². The molecule has 5 nitrogen and oxygen atoms in total. The zero-order valence-corrected chi connectivity index (χ0v) is 16.6. The second-order valence-corrected chi connectivity index (χ2v) is 7.87. The third-order valence-electron chi connectivity index (χ3n) is 4.85. The number of rotatable bonds is 4. The molecule has 1 atom stereocenters. The summed E-state index contributed by atoms with van der Waals surface area (Å²) < 4.78 is 5.23. The zero-order valence-electron chi connectivity index (χ0n) is 15.0. The van der Waals surface area contributed by atoms with Crippen LogP contribution in [0.1, 0.15) is 19.8 Å². The second kappa shape index (κ2) is 7.82. The van der Waals surface area contributed by atoms with E-state index in [4.69, 9.17) is 16.3 Å². The summed E-state index contributed by atoms with van der Waals surface area (Å²) in [5.74, 6) is 0.664. The summed E-state index contributed by atoms with van der Waals surface area (Å²) in [5, 5.41) is 3.86. The molecule has 0 N–H and O–H groups in total. The van der Waals surface area contributed by atoms with Gasteiger partial charge in [0.15, 0.2) is 0 Å². The molecule has 1 aromatic carbocycles. The summed E-state index contributed by atoms with van der Waals surface area (Å²) in [7, 11) is 0. The highest BCUT2D eigenvalue weighted by Crippen LogP contribution is 2.39. The molecule has 3 aromatic rings. The highest BCUT2D eigenvalue weighted by atomic mass is 35.5. The lowest BCUT2D eigenvalue weighted by molar-refractivity contribution is -0.148. The number of carbonyl (C=O) groups excluding carboxylic acids is 1. The number of fused-ring (bicyclic) bond motifs is 1. The number of benzene rings is 1. The van der Waals surface area contributed by atoms with Crippen molar-refractivity contribution in [2.24, 2.45) is 5.92 Å². The van der Waals surface area contributed by atoms with E-state index in [9.17, 15) is 4.79 Å². The Morgan fingerprint density at radius 2 is 2.15 bits per heavy atom. The molecule has 0 radical (unpaired) electrons. The van der Waals surface area contributed by atoms with Crippen molar-refractivity contribution < 1.29 is 9.53 Å². The Bertz CT molecular complexity index is 958. The minimum Gasteiger partial charge on any atom is -0.466 e. The Hall–Kier alpha value is -2.18. The molecule has 140 valence electrons. The van der Waals surface area contributed by atoms with Crippen LogP contribution in [0.2, 0.25) is 5.02 Å². The molecule has 0 aliphatic carbocycles. The molecular formula is C20H20ClN3O2S. The van der Waals surface area contributed by atoms with Gasteiger partial charge in [-0.15, -0.1) is 11.3 Å². The van der Waals surface area contributed by atoms with Gasteiger partial charge in [0.05, 0.1) is 17.9 Å². The van der Waals surface area contributed by atoms with E-state index in [0.717, 1.165) is 46.5 Å². The third-order valence-corrected chi connectivity index (χ3v) is 5.98. The predicted molar refractivity (Wildman–Crippen MR) is 109 cm³/mol. The number of hydrogen-bond acceptors (Lipinski definition) is 6. The van der Waals surface area contributed by atoms with Crippen LogP contribution in [0.15, 0.2) is 36.0 Å². The minimum absolute atomic E-state index is 0.110. The van der Waals surface area contributed by atoms with Gasteiger partial charge in [-0.05, 0) is 37.5 Å². The summed E-state index contributed by atoms with van der Waals surface area (Å²) >= 11 is 7.65. The van der Waals surface area contributed by atoms with Gasteiger partial charge in [-0.3, -0.25) is 4.79 Å². The van der Waals surface area contributed by atoms with Crippen molar-refractivity contribution in [3.05, 3.63) is 41.0 Å². The first-order valence-corrected chi connectivity index (χ1v) is 10.3. The van der Waals surface area contributed by atoms with Crippen LogP contribution < -0.4 is 4.90 Å². The quantitative estimate of drug-likeness (QED) is 0.588. The average molecular weight is 402 g/mol. The van der Waals surface area contributed by atoms with E-state index in [1.807, 2.05) is 31.2 Å². The molecule has 3 heterocycles. The first-order chi connectivity index (χ1) is 13.2. The fourth-order valence-electron chi connectivity index (χ4n) is 3.56. The molecule has 1 fully saturated rings. The Balaban J connectivity index is 1.72. The van der Waals surface area contributed by atoms with Crippen LogP contribution in [0, 0.1) is 5.92 Å². The first-order valence-electron chi connectivity index (χ1n) is 9.07. The zero-order chi connectivity index (χ0) is 18.8. The smallest absolute Gasteiger partial charge is 0.310 e. The van der Waals surface area contributed by atoms with E-state index in [0.29, 0.717) is 18.2 Å². The number of anilines is 1. The number of nitrogens with zero attached hydrogens (tertiary/aromatic N) is 3. The van der Waals surface area contributed by atoms with Crippen molar-refractivity contribution >= 4 is 44.9 Å². The largest absolute Gasteiger partial charge is 0.466 e. The highest BCUT2D eigenvalue weighted by molar-refractivity contribution is 7.17. The van der Waals surface area contributed by atoms with Gasteiger partial charge in [-0.25, -0.2) is 9.97 Å². The SMILES string of the molecule is CCOC(=O)C1CCCN(c2ncnc3scc(-c4ccc(Cl)cc4)c23)C1. The Kier molecular flexibility index (Phi) is 5.27. The van der Waals surface area contributed by atoms with Crippen LogP contribution in [-0.2, 0) is 9.53 Å². The van der Waals surface area contributed by atoms with E-state index in [2.05, 4.69) is 20.2 Å². The van der Waals surface area contributed by atoms with Crippen molar-refractivity contribution in [1.29, 1.82) is 0 Å². The lowest BCUT2D eigenvalue weighted by Crippen LogP contribution is -2.40. The van der Waals surface area contributed by atoms with Crippen LogP contribution in [-0.4, -0.2) is 35.6 Å². The van der Waals surface area contributed by atoms with E-state index >= 15 is 0 Å². The average Bonchev–Trinajstić information content (AvgIpc) is 3.13. The Morgan fingerprint density at radius 1 is 1.33 bits per heavy atom. The number of halogens is 1. The number of thiophene rings is 1. The fourth-order valence-corrected chi connectivity index (χ4v) is 4.60. The van der Waals surface area contributed by atoms with E-state index in [1.165, 1.54) is 0 Å². The summed E-state index contributed by atoms with van der Waals surface area (Å²) in [6.45, 7) is 3.76. The van der Waals surface area contributed by atoms with E-state index < -0.39 is 0 Å². The molecule has 0 spiro atoms. The maximum Gasteiger partial charge on any atom is 0.310 e. The fraction of sp³-hybridized carbons (Fsp3) is 0.350. The summed E-state index contributed by atoms with van der Waals surface area (Å²) in [6, 6.07) is 7.81. The second-order valence-electron chi connectivity index (χ2n) is 6.57. The lowest BCUT2D eigenvalue weighted by atomic mass is 9.97. The highest BCUT2D eigenvalue weighted by Gasteiger charge is 2.29. The molecule has 1 unspecified atom stereocenters. The van der Waals surface area contributed by atoms with Gasteiger partial charge in [0.2, 0.25) is 0 Å². The monoisotopic (exact) mass is 401 g/mol. The minimum atomic E-state index is -0.115. The van der Waals surface area contributed by atoms with Crippen LogP contribution in [0.3, 0.4) is 0 Å². The molecular weight excluding hydrogens is 382 g/mol. The number of hydrogen-bond donors (Lipinski definition) is 0. The van der Waals surface area contributed by atoms with Crippen molar-refractivity contribution in [3.63, 3.8) is 0 Å². The molecule has 4 rings (SSSR count). The van der Waals surface area contributed by atoms with Gasteiger partial charge in [0, 0.05) is 29.1 Å². The van der Waals surface area contributed by atoms with Crippen molar-refractivity contribution in [1.82, 2.24) is 9.97 Å². The maximum atomic E-state index is 12.2. The molecule has 0 saturated carbocycles. The lowest BCUT2D eigenvalue weighted by Gasteiger charge is -2.32. The van der Waals surface area contributed by atoms with Crippen LogP contribution >= 0.6 is 22.9 Å². The van der Waals surface area contributed by atoms with Gasteiger partial charge in [0.1, 0.15) is 17.0 Å². The molecule has 0 bridgehead atoms. The molecule has 2 aromatic heterocycles. The molecule has 1 saturated heterocycles. The summed E-state index contributed by atoms with van der Waals surface area (Å²) in [6.07, 6.45) is 3.40. The number of aromatic nitrogens is 2. The molecule has 1 aliphatic rings. The Morgan fingerprint density at radius 3 is 2.93 bits per heavy atom. The topological polar surface area (TPSA) is 55.3 Å². The number of piperidine rings is 1. The van der Waals surface area contributed by atoms with Gasteiger partial charge in [-0.2, -0.15) is 0 Å². The normalized spacial score (nSPS) is 17.3. The maximum absolute atomic E-state index is 12.2. The number of ether oxygens (including phenoxy) is 1. The van der Waals surface area contributed by atoms with E-state index in [-0.39, 0.29) is 11.9 Å². The number of carbonyl (C=O) groups is 1. The van der Waals surface area contributed by atoms with Crippen molar-refractivity contribution in [3.8, 4) is 11.1 Å². The molecule has 1 aliphatic heterocycles.